The van der Waals surface area contributed by atoms with Crippen LogP contribution >= 0.6 is 0 Å². The van der Waals surface area contributed by atoms with Gasteiger partial charge in [0, 0.05) is 5.19 Å². The molecule has 72 valence electrons. The highest BCUT2D eigenvalue weighted by atomic mass is 28.4. The molecule has 1 rings (SSSR count). The van der Waals surface area contributed by atoms with Gasteiger partial charge in [0.1, 0.15) is 0 Å². The highest BCUT2D eigenvalue weighted by Gasteiger charge is 2.34. The number of hydrogen-bond acceptors (Lipinski definition) is 3. The Bertz CT molecular complexity index is 328. The zero-order valence-corrected chi connectivity index (χ0v) is 9.00. The molecule has 0 unspecified atom stereocenters. The van der Waals surface area contributed by atoms with Gasteiger partial charge in [-0.2, -0.15) is 0 Å². The van der Waals surface area contributed by atoms with Crippen molar-refractivity contribution in [1.29, 1.82) is 0 Å². The smallest absolute Gasteiger partial charge is 0.386 e. The number of benzene rings is 1. The Morgan fingerprint density at radius 1 is 0.923 bits per heavy atom. The second kappa shape index (κ2) is 3.23. The summed E-state index contributed by atoms with van der Waals surface area (Å²) in [5.41, 5.74) is 2.44. The zero-order valence-electron chi connectivity index (χ0n) is 8.00. The van der Waals surface area contributed by atoms with Crippen LogP contribution < -0.4 is 5.19 Å². The topological polar surface area (TPSA) is 60.7 Å². The first-order chi connectivity index (χ1) is 5.84. The van der Waals surface area contributed by atoms with Crippen LogP contribution in [-0.4, -0.2) is 23.2 Å². The molecule has 0 heterocycles. The van der Waals surface area contributed by atoms with E-state index in [1.807, 2.05) is 13.0 Å². The van der Waals surface area contributed by atoms with Crippen LogP contribution in [-0.2, 0) is 0 Å². The van der Waals surface area contributed by atoms with E-state index in [9.17, 15) is 14.4 Å². The summed E-state index contributed by atoms with van der Waals surface area (Å²) in [7, 11) is -4.15. The molecule has 0 radical (unpaired) electrons. The fourth-order valence-electron chi connectivity index (χ4n) is 1.47. The minimum atomic E-state index is -4.15. The van der Waals surface area contributed by atoms with Gasteiger partial charge in [-0.25, -0.2) is 0 Å². The van der Waals surface area contributed by atoms with Crippen molar-refractivity contribution in [1.82, 2.24) is 0 Å². The molecule has 0 saturated heterocycles. The Balaban J connectivity index is 3.43. The van der Waals surface area contributed by atoms with Crippen LogP contribution in [0.3, 0.4) is 0 Å². The molecule has 0 spiro atoms. The largest absolute Gasteiger partial charge is 0.529 e. The minimum Gasteiger partial charge on any atom is -0.386 e. The van der Waals surface area contributed by atoms with Crippen molar-refractivity contribution in [2.45, 2.75) is 20.8 Å². The molecular formula is C9H14O3Si. The third-order valence-electron chi connectivity index (χ3n) is 2.28. The van der Waals surface area contributed by atoms with Crippen molar-refractivity contribution in [2.75, 3.05) is 0 Å². The maximum atomic E-state index is 9.23. The molecule has 0 bridgehead atoms. The summed E-state index contributed by atoms with van der Waals surface area (Å²) < 4.78 is 0. The van der Waals surface area contributed by atoms with E-state index in [1.54, 1.807) is 19.9 Å². The molecule has 0 amide bonds. The lowest BCUT2D eigenvalue weighted by molar-refractivity contribution is 0.249. The first-order valence-corrected chi connectivity index (χ1v) is 5.92. The number of rotatable bonds is 1. The SMILES string of the molecule is Cc1ccc(C)c([Si](O)(O)O)c1C. The third kappa shape index (κ3) is 1.97. The molecule has 0 aliphatic carbocycles. The first kappa shape index (κ1) is 10.4. The maximum absolute atomic E-state index is 9.23. The molecule has 0 saturated carbocycles. The zero-order chi connectivity index (χ0) is 10.2. The van der Waals surface area contributed by atoms with Gasteiger partial charge in [0.05, 0.1) is 0 Å². The van der Waals surface area contributed by atoms with E-state index in [0.29, 0.717) is 5.19 Å². The van der Waals surface area contributed by atoms with Crippen LogP contribution in [0.2, 0.25) is 0 Å². The van der Waals surface area contributed by atoms with E-state index in [-0.39, 0.29) is 0 Å². The van der Waals surface area contributed by atoms with Crippen LogP contribution in [0.15, 0.2) is 12.1 Å². The van der Waals surface area contributed by atoms with Crippen molar-refractivity contribution in [3.05, 3.63) is 28.8 Å². The molecule has 4 heteroatoms. The molecule has 3 nitrogen and oxygen atoms in total. The molecule has 0 aromatic heterocycles. The summed E-state index contributed by atoms with van der Waals surface area (Å²) in [6.07, 6.45) is 0. The van der Waals surface area contributed by atoms with Crippen LogP contribution in [0.1, 0.15) is 16.7 Å². The molecule has 0 atom stereocenters. The highest BCUT2D eigenvalue weighted by molar-refractivity contribution is 6.72. The quantitative estimate of drug-likeness (QED) is 0.545. The van der Waals surface area contributed by atoms with Gasteiger partial charge in [-0.15, -0.1) is 0 Å². The van der Waals surface area contributed by atoms with Gasteiger partial charge >= 0.3 is 8.80 Å². The molecule has 1 aromatic carbocycles. The second-order valence-electron chi connectivity index (χ2n) is 3.33. The monoisotopic (exact) mass is 198 g/mol. The van der Waals surface area contributed by atoms with Crippen LogP contribution in [0.4, 0.5) is 0 Å². The van der Waals surface area contributed by atoms with E-state index in [0.717, 1.165) is 16.7 Å². The predicted molar refractivity (Wildman–Crippen MR) is 52.7 cm³/mol. The van der Waals surface area contributed by atoms with Crippen molar-refractivity contribution >= 4 is 14.0 Å². The Labute approximate surface area is 78.7 Å². The van der Waals surface area contributed by atoms with Gasteiger partial charge in [-0.3, -0.25) is 0 Å². The fraction of sp³-hybridized carbons (Fsp3) is 0.333. The van der Waals surface area contributed by atoms with Gasteiger partial charge < -0.3 is 14.4 Å². The summed E-state index contributed by atoms with van der Waals surface area (Å²) in [6.45, 7) is 5.41. The summed E-state index contributed by atoms with van der Waals surface area (Å²) in [5.74, 6) is 0. The molecule has 3 N–H and O–H groups in total. The molecule has 0 aliphatic heterocycles. The lowest BCUT2D eigenvalue weighted by atomic mass is 10.1. The Morgan fingerprint density at radius 3 is 1.77 bits per heavy atom. The van der Waals surface area contributed by atoms with Gasteiger partial charge in [-0.1, -0.05) is 12.1 Å². The number of hydrogen-bond donors (Lipinski definition) is 3. The highest BCUT2D eigenvalue weighted by Crippen LogP contribution is 2.09. The average molecular weight is 198 g/mol. The third-order valence-corrected chi connectivity index (χ3v) is 3.72. The van der Waals surface area contributed by atoms with E-state index in [2.05, 4.69) is 0 Å². The summed E-state index contributed by atoms with van der Waals surface area (Å²) in [6, 6.07) is 3.68. The molecular weight excluding hydrogens is 184 g/mol. The maximum Gasteiger partial charge on any atom is 0.529 e. The lowest BCUT2D eigenvalue weighted by Gasteiger charge is -2.17. The van der Waals surface area contributed by atoms with Crippen molar-refractivity contribution in [3.63, 3.8) is 0 Å². The first-order valence-electron chi connectivity index (χ1n) is 4.08. The normalized spacial score (nSPS) is 11.8. The predicted octanol–water partition coefficient (Wildman–Crippen LogP) is -0.265. The Morgan fingerprint density at radius 2 is 1.38 bits per heavy atom. The van der Waals surface area contributed by atoms with Crippen LogP contribution in [0.5, 0.6) is 0 Å². The van der Waals surface area contributed by atoms with Crippen molar-refractivity contribution in [2.24, 2.45) is 0 Å². The van der Waals surface area contributed by atoms with E-state index in [4.69, 9.17) is 0 Å². The lowest BCUT2D eigenvalue weighted by Crippen LogP contribution is -2.51. The molecule has 13 heavy (non-hydrogen) atoms. The van der Waals surface area contributed by atoms with Gasteiger partial charge in [0.2, 0.25) is 0 Å². The Hall–Kier alpha value is -0.683. The Kier molecular flexibility index (Phi) is 2.58. The standard InChI is InChI=1S/C9H14O3Si/c1-6-4-5-7(2)9(8(6)3)13(10,11)12/h4-5,10-12H,1-3H3. The summed E-state index contributed by atoms with van der Waals surface area (Å²) in [4.78, 5) is 27.7. The molecule has 0 fully saturated rings. The number of aryl methyl sites for hydroxylation is 2. The summed E-state index contributed by atoms with van der Waals surface area (Å²) in [5, 5.41) is 0.313. The van der Waals surface area contributed by atoms with Crippen molar-refractivity contribution in [3.8, 4) is 0 Å². The van der Waals surface area contributed by atoms with Crippen molar-refractivity contribution < 1.29 is 14.4 Å². The van der Waals surface area contributed by atoms with Gasteiger partial charge in [0.25, 0.3) is 0 Å². The minimum absolute atomic E-state index is 0.313. The van der Waals surface area contributed by atoms with Crippen LogP contribution in [0, 0.1) is 20.8 Å². The van der Waals surface area contributed by atoms with E-state index < -0.39 is 8.80 Å². The fourth-order valence-corrected chi connectivity index (χ4v) is 2.78. The molecule has 1 aromatic rings. The van der Waals surface area contributed by atoms with Gasteiger partial charge in [-0.05, 0) is 37.5 Å². The molecule has 0 aliphatic rings. The second-order valence-corrected chi connectivity index (χ2v) is 5.11. The van der Waals surface area contributed by atoms with Crippen LogP contribution in [0.25, 0.3) is 0 Å². The average Bonchev–Trinajstić information content (AvgIpc) is 1.95. The van der Waals surface area contributed by atoms with Gasteiger partial charge in [0.15, 0.2) is 0 Å². The van der Waals surface area contributed by atoms with E-state index in [1.165, 1.54) is 0 Å². The van der Waals surface area contributed by atoms with E-state index >= 15 is 0 Å². The summed E-state index contributed by atoms with van der Waals surface area (Å²) >= 11 is 0.